The number of carbonyl (C=O) groups is 2. The molecule has 1 amide bonds. The van der Waals surface area contributed by atoms with E-state index in [1.807, 2.05) is 31.2 Å². The number of rotatable bonds is 5. The van der Waals surface area contributed by atoms with Crippen LogP contribution in [0.2, 0.25) is 0 Å². The topological polar surface area (TPSA) is 51.1 Å². The van der Waals surface area contributed by atoms with Crippen LogP contribution in [0.15, 0.2) is 65.3 Å². The first-order valence-corrected chi connectivity index (χ1v) is 8.75. The SMILES string of the molecule is Cc1ccc(Cn2cccc2C(=O)C(=O)Nc2ccc(Br)cc2F)cc1. The molecule has 26 heavy (non-hydrogen) atoms. The van der Waals surface area contributed by atoms with Gasteiger partial charge >= 0.3 is 0 Å². The van der Waals surface area contributed by atoms with Crippen LogP contribution in [-0.2, 0) is 11.3 Å². The Morgan fingerprint density at radius 1 is 1.12 bits per heavy atom. The van der Waals surface area contributed by atoms with Crippen molar-refractivity contribution in [1.29, 1.82) is 0 Å². The van der Waals surface area contributed by atoms with Crippen LogP contribution in [-0.4, -0.2) is 16.3 Å². The molecule has 0 aliphatic rings. The van der Waals surface area contributed by atoms with Crippen LogP contribution >= 0.6 is 15.9 Å². The van der Waals surface area contributed by atoms with E-state index >= 15 is 0 Å². The molecule has 4 nitrogen and oxygen atoms in total. The minimum Gasteiger partial charge on any atom is -0.340 e. The number of carbonyl (C=O) groups excluding carboxylic acids is 2. The van der Waals surface area contributed by atoms with E-state index in [9.17, 15) is 14.0 Å². The molecule has 1 heterocycles. The highest BCUT2D eigenvalue weighted by atomic mass is 79.9. The molecule has 0 fully saturated rings. The fourth-order valence-electron chi connectivity index (χ4n) is 2.53. The normalized spacial score (nSPS) is 10.6. The summed E-state index contributed by atoms with van der Waals surface area (Å²) in [5, 5.41) is 2.33. The smallest absolute Gasteiger partial charge is 0.298 e. The molecule has 132 valence electrons. The quantitative estimate of drug-likeness (QED) is 0.491. The average Bonchev–Trinajstić information content (AvgIpc) is 3.06. The number of aryl methyl sites for hydroxylation is 1. The molecular formula is C20H16BrFN2O2. The van der Waals surface area contributed by atoms with Gasteiger partial charge in [-0.3, -0.25) is 9.59 Å². The van der Waals surface area contributed by atoms with Gasteiger partial charge in [0.1, 0.15) is 5.82 Å². The number of Topliss-reactive ketones (excluding diaryl/α,β-unsaturated/α-hetero) is 1. The second kappa shape index (κ2) is 7.66. The number of hydrogen-bond acceptors (Lipinski definition) is 2. The third-order valence-corrected chi connectivity index (χ3v) is 4.41. The van der Waals surface area contributed by atoms with Crippen LogP contribution in [0.25, 0.3) is 0 Å². The van der Waals surface area contributed by atoms with Gasteiger partial charge in [0.2, 0.25) is 0 Å². The zero-order valence-corrected chi connectivity index (χ0v) is 15.6. The van der Waals surface area contributed by atoms with Crippen molar-refractivity contribution in [3.63, 3.8) is 0 Å². The van der Waals surface area contributed by atoms with Gasteiger partial charge in [0.25, 0.3) is 11.7 Å². The van der Waals surface area contributed by atoms with Crippen molar-refractivity contribution in [2.24, 2.45) is 0 Å². The molecule has 2 aromatic carbocycles. The van der Waals surface area contributed by atoms with Gasteiger partial charge in [0.15, 0.2) is 0 Å². The van der Waals surface area contributed by atoms with Crippen LogP contribution in [0.5, 0.6) is 0 Å². The predicted molar refractivity (Wildman–Crippen MR) is 102 cm³/mol. The number of hydrogen-bond donors (Lipinski definition) is 1. The number of nitrogens with one attached hydrogen (secondary N) is 1. The van der Waals surface area contributed by atoms with E-state index in [2.05, 4.69) is 21.2 Å². The number of ketones is 1. The molecule has 1 N–H and O–H groups in total. The van der Waals surface area contributed by atoms with Gasteiger partial charge in [-0.25, -0.2) is 4.39 Å². The average molecular weight is 415 g/mol. The van der Waals surface area contributed by atoms with Crippen LogP contribution < -0.4 is 5.32 Å². The Morgan fingerprint density at radius 2 is 1.85 bits per heavy atom. The minimum absolute atomic E-state index is 0.0387. The summed E-state index contributed by atoms with van der Waals surface area (Å²) < 4.78 is 16.1. The van der Waals surface area contributed by atoms with E-state index in [0.717, 1.165) is 11.1 Å². The lowest BCUT2D eigenvalue weighted by Crippen LogP contribution is -2.25. The fourth-order valence-corrected chi connectivity index (χ4v) is 2.87. The Hall–Kier alpha value is -2.73. The first-order valence-electron chi connectivity index (χ1n) is 7.95. The zero-order valence-electron chi connectivity index (χ0n) is 14.0. The molecule has 0 unspecified atom stereocenters. The molecule has 0 saturated heterocycles. The van der Waals surface area contributed by atoms with Gasteiger partial charge < -0.3 is 9.88 Å². The van der Waals surface area contributed by atoms with E-state index in [1.54, 1.807) is 29.0 Å². The van der Waals surface area contributed by atoms with Crippen molar-refractivity contribution in [2.45, 2.75) is 13.5 Å². The fraction of sp³-hybridized carbons (Fsp3) is 0.100. The monoisotopic (exact) mass is 414 g/mol. The summed E-state index contributed by atoms with van der Waals surface area (Å²) in [5.74, 6) is -2.21. The van der Waals surface area contributed by atoms with Gasteiger partial charge in [0, 0.05) is 17.2 Å². The molecule has 0 aliphatic carbocycles. The molecule has 0 bridgehead atoms. The van der Waals surface area contributed by atoms with Crippen molar-refractivity contribution in [1.82, 2.24) is 4.57 Å². The Morgan fingerprint density at radius 3 is 2.54 bits per heavy atom. The lowest BCUT2D eigenvalue weighted by molar-refractivity contribution is -0.112. The van der Waals surface area contributed by atoms with Crippen LogP contribution in [0.1, 0.15) is 21.6 Å². The Bertz CT molecular complexity index is 964. The van der Waals surface area contributed by atoms with E-state index in [-0.39, 0.29) is 11.4 Å². The number of nitrogens with zero attached hydrogens (tertiary/aromatic N) is 1. The maximum atomic E-state index is 13.9. The summed E-state index contributed by atoms with van der Waals surface area (Å²) in [6, 6.07) is 15.4. The van der Waals surface area contributed by atoms with E-state index in [4.69, 9.17) is 0 Å². The van der Waals surface area contributed by atoms with Gasteiger partial charge in [0.05, 0.1) is 11.4 Å². The molecule has 0 aliphatic heterocycles. The Labute approximate surface area is 158 Å². The summed E-state index contributed by atoms with van der Waals surface area (Å²) in [4.78, 5) is 24.7. The predicted octanol–water partition coefficient (Wildman–Crippen LogP) is 4.57. The largest absolute Gasteiger partial charge is 0.340 e. The number of anilines is 1. The summed E-state index contributed by atoms with van der Waals surface area (Å²) in [5.41, 5.74) is 2.37. The summed E-state index contributed by atoms with van der Waals surface area (Å²) in [7, 11) is 0. The highest BCUT2D eigenvalue weighted by molar-refractivity contribution is 9.10. The standard InChI is InChI=1S/C20H16BrFN2O2/c1-13-4-6-14(7-5-13)12-24-10-2-3-18(24)19(25)20(26)23-17-9-8-15(21)11-16(17)22/h2-11H,12H2,1H3,(H,23,26). The van der Waals surface area contributed by atoms with E-state index in [0.29, 0.717) is 11.0 Å². The number of aromatic nitrogens is 1. The van der Waals surface area contributed by atoms with Crippen LogP contribution in [0, 0.1) is 12.7 Å². The molecule has 0 saturated carbocycles. The Kier molecular flexibility index (Phi) is 5.32. The first kappa shape index (κ1) is 18.1. The van der Waals surface area contributed by atoms with Crippen molar-refractivity contribution in [2.75, 3.05) is 5.32 Å². The summed E-state index contributed by atoms with van der Waals surface area (Å²) in [6.45, 7) is 2.47. The first-order chi connectivity index (χ1) is 12.4. The minimum atomic E-state index is -0.880. The van der Waals surface area contributed by atoms with Crippen molar-refractivity contribution >= 4 is 33.3 Å². The maximum absolute atomic E-state index is 13.9. The lowest BCUT2D eigenvalue weighted by Gasteiger charge is -2.10. The van der Waals surface area contributed by atoms with Crippen molar-refractivity contribution in [3.8, 4) is 0 Å². The van der Waals surface area contributed by atoms with Gasteiger partial charge in [-0.15, -0.1) is 0 Å². The zero-order chi connectivity index (χ0) is 18.7. The third-order valence-electron chi connectivity index (χ3n) is 3.92. The van der Waals surface area contributed by atoms with Gasteiger partial charge in [-0.05, 0) is 42.8 Å². The highest BCUT2D eigenvalue weighted by Crippen LogP contribution is 2.20. The third kappa shape index (κ3) is 4.08. The molecule has 0 atom stereocenters. The number of amides is 1. The van der Waals surface area contributed by atoms with Gasteiger partial charge in [-0.2, -0.15) is 0 Å². The molecule has 3 rings (SSSR count). The van der Waals surface area contributed by atoms with E-state index in [1.165, 1.54) is 12.1 Å². The van der Waals surface area contributed by atoms with Crippen molar-refractivity contribution < 1.29 is 14.0 Å². The maximum Gasteiger partial charge on any atom is 0.298 e. The van der Waals surface area contributed by atoms with Gasteiger partial charge in [-0.1, -0.05) is 45.8 Å². The van der Waals surface area contributed by atoms with Crippen LogP contribution in [0.3, 0.4) is 0 Å². The highest BCUT2D eigenvalue weighted by Gasteiger charge is 2.21. The summed E-state index contributed by atoms with van der Waals surface area (Å²) >= 11 is 3.15. The number of benzene rings is 2. The lowest BCUT2D eigenvalue weighted by atomic mass is 10.1. The second-order valence-electron chi connectivity index (χ2n) is 5.91. The molecule has 3 aromatic rings. The number of halogens is 2. The van der Waals surface area contributed by atoms with Crippen LogP contribution in [0.4, 0.5) is 10.1 Å². The second-order valence-corrected chi connectivity index (χ2v) is 6.83. The molecule has 0 radical (unpaired) electrons. The van der Waals surface area contributed by atoms with Crippen molar-refractivity contribution in [3.05, 3.63) is 87.9 Å². The summed E-state index contributed by atoms with van der Waals surface area (Å²) in [6.07, 6.45) is 1.74. The molecule has 1 aromatic heterocycles. The molecule has 6 heteroatoms. The Balaban J connectivity index is 1.76. The van der Waals surface area contributed by atoms with E-state index < -0.39 is 17.5 Å². The molecule has 0 spiro atoms. The molecular weight excluding hydrogens is 399 g/mol.